The summed E-state index contributed by atoms with van der Waals surface area (Å²) < 4.78 is 0.799. The molecule has 0 fully saturated rings. The van der Waals surface area contributed by atoms with Crippen molar-refractivity contribution in [1.29, 1.82) is 0 Å². The Morgan fingerprint density at radius 3 is 2.47 bits per heavy atom. The molecule has 6 nitrogen and oxygen atoms in total. The van der Waals surface area contributed by atoms with Crippen LogP contribution in [0.3, 0.4) is 0 Å². The van der Waals surface area contributed by atoms with E-state index in [0.29, 0.717) is 24.0 Å². The van der Waals surface area contributed by atoms with Crippen molar-refractivity contribution in [2.75, 3.05) is 6.54 Å². The molecule has 36 heavy (non-hydrogen) atoms. The molecule has 0 aliphatic heterocycles. The first-order chi connectivity index (χ1) is 17.6. The van der Waals surface area contributed by atoms with Gasteiger partial charge < -0.3 is 15.3 Å². The summed E-state index contributed by atoms with van der Waals surface area (Å²) in [5.41, 5.74) is 4.64. The monoisotopic (exact) mass is 536 g/mol. The molecule has 0 aliphatic rings. The third-order valence-electron chi connectivity index (χ3n) is 6.39. The van der Waals surface area contributed by atoms with Crippen molar-refractivity contribution < 1.29 is 9.59 Å². The fourth-order valence-electron chi connectivity index (χ4n) is 4.63. The van der Waals surface area contributed by atoms with Crippen molar-refractivity contribution in [3.63, 3.8) is 0 Å². The van der Waals surface area contributed by atoms with Crippen molar-refractivity contribution in [2.45, 2.75) is 6.42 Å². The van der Waals surface area contributed by atoms with Crippen LogP contribution in [-0.4, -0.2) is 33.2 Å². The molecule has 1 amide bonds. The van der Waals surface area contributed by atoms with E-state index >= 15 is 0 Å². The number of amides is 1. The van der Waals surface area contributed by atoms with Gasteiger partial charge in [-0.2, -0.15) is 0 Å². The van der Waals surface area contributed by atoms with Gasteiger partial charge in [0.2, 0.25) is 5.78 Å². The molecule has 0 saturated carbocycles. The molecule has 3 aromatic carbocycles. The van der Waals surface area contributed by atoms with Crippen LogP contribution in [0.15, 0.2) is 89.5 Å². The van der Waals surface area contributed by atoms with E-state index in [1.807, 2.05) is 54.7 Å². The van der Waals surface area contributed by atoms with Crippen LogP contribution in [0.2, 0.25) is 0 Å². The average molecular weight is 537 g/mol. The summed E-state index contributed by atoms with van der Waals surface area (Å²) in [6.07, 6.45) is 2.65. The van der Waals surface area contributed by atoms with Gasteiger partial charge in [0.05, 0.1) is 5.52 Å². The summed E-state index contributed by atoms with van der Waals surface area (Å²) in [5, 5.41) is 5.85. The maximum Gasteiger partial charge on any atom is 0.269 e. The molecule has 0 bridgehead atoms. The number of nitrogens with zero attached hydrogens (tertiary/aromatic N) is 1. The summed E-state index contributed by atoms with van der Waals surface area (Å²) in [6, 6.07) is 24.8. The molecule has 3 N–H and O–H groups in total. The Hall–Kier alpha value is -4.23. The maximum atomic E-state index is 13.5. The number of carbonyl (C=O) groups excluding carboxylic acids is 2. The first kappa shape index (κ1) is 22.2. The number of hydrogen-bond acceptors (Lipinski definition) is 3. The molecule has 7 heteroatoms. The molecular formula is C29H21BrN4O2. The number of halogens is 1. The molecule has 0 spiro atoms. The minimum absolute atomic E-state index is 0.213. The van der Waals surface area contributed by atoms with Crippen LogP contribution >= 0.6 is 15.9 Å². The Labute approximate surface area is 214 Å². The number of nitrogens with one attached hydrogen (secondary N) is 3. The van der Waals surface area contributed by atoms with Crippen LogP contribution in [0.4, 0.5) is 0 Å². The summed E-state index contributed by atoms with van der Waals surface area (Å²) in [5.74, 6) is -0.563. The van der Waals surface area contributed by atoms with Crippen molar-refractivity contribution in [2.24, 2.45) is 0 Å². The van der Waals surface area contributed by atoms with Crippen LogP contribution < -0.4 is 5.32 Å². The molecule has 6 aromatic rings. The lowest BCUT2D eigenvalue weighted by Crippen LogP contribution is -2.27. The van der Waals surface area contributed by atoms with Crippen LogP contribution in [0, 0.1) is 0 Å². The van der Waals surface area contributed by atoms with Gasteiger partial charge >= 0.3 is 0 Å². The zero-order valence-corrected chi connectivity index (χ0v) is 20.7. The molecule has 6 rings (SSSR count). The van der Waals surface area contributed by atoms with Crippen LogP contribution in [0.1, 0.15) is 32.1 Å². The van der Waals surface area contributed by atoms with E-state index in [1.165, 1.54) is 0 Å². The second kappa shape index (κ2) is 9.09. The lowest BCUT2D eigenvalue weighted by atomic mass is 10.0. The van der Waals surface area contributed by atoms with Gasteiger partial charge in [0.15, 0.2) is 0 Å². The number of aromatic amines is 2. The fourth-order valence-corrected chi connectivity index (χ4v) is 5.03. The van der Waals surface area contributed by atoms with Gasteiger partial charge in [-0.15, -0.1) is 0 Å². The summed E-state index contributed by atoms with van der Waals surface area (Å²) in [7, 11) is 0. The number of para-hydroxylation sites is 2. The molecule has 0 atom stereocenters. The third-order valence-corrected chi connectivity index (χ3v) is 6.88. The smallest absolute Gasteiger partial charge is 0.269 e. The predicted molar refractivity (Wildman–Crippen MR) is 146 cm³/mol. The number of hydrogen-bond donors (Lipinski definition) is 3. The van der Waals surface area contributed by atoms with Crippen molar-refractivity contribution in [3.8, 4) is 0 Å². The van der Waals surface area contributed by atoms with E-state index in [4.69, 9.17) is 0 Å². The van der Waals surface area contributed by atoms with E-state index in [2.05, 4.69) is 42.3 Å². The lowest BCUT2D eigenvalue weighted by Gasteiger charge is -2.08. The predicted octanol–water partition coefficient (Wildman–Crippen LogP) is 6.16. The van der Waals surface area contributed by atoms with Gasteiger partial charge in [-0.1, -0.05) is 64.5 Å². The first-order valence-electron chi connectivity index (χ1n) is 11.6. The summed E-state index contributed by atoms with van der Waals surface area (Å²) in [4.78, 5) is 37.9. The molecule has 0 saturated heterocycles. The highest BCUT2D eigenvalue weighted by atomic mass is 79.9. The maximum absolute atomic E-state index is 13.5. The Morgan fingerprint density at radius 2 is 1.64 bits per heavy atom. The van der Waals surface area contributed by atoms with Gasteiger partial charge in [0.1, 0.15) is 11.4 Å². The van der Waals surface area contributed by atoms with Crippen LogP contribution in [0.25, 0.3) is 32.7 Å². The topological polar surface area (TPSA) is 90.6 Å². The van der Waals surface area contributed by atoms with E-state index in [-0.39, 0.29) is 23.1 Å². The number of rotatable bonds is 6. The highest BCUT2D eigenvalue weighted by molar-refractivity contribution is 9.10. The number of carbonyl (C=O) groups is 2. The zero-order chi connectivity index (χ0) is 24.6. The number of ketones is 1. The van der Waals surface area contributed by atoms with Gasteiger partial charge in [-0.05, 0) is 42.3 Å². The summed E-state index contributed by atoms with van der Waals surface area (Å²) in [6.45, 7) is 0.448. The summed E-state index contributed by atoms with van der Waals surface area (Å²) >= 11 is 3.43. The Bertz CT molecular complexity index is 1780. The number of aromatic nitrogens is 3. The lowest BCUT2D eigenvalue weighted by molar-refractivity contribution is 0.0949. The van der Waals surface area contributed by atoms with E-state index in [1.54, 1.807) is 24.3 Å². The first-order valence-corrected chi connectivity index (χ1v) is 12.4. The molecule has 0 aliphatic carbocycles. The quantitative estimate of drug-likeness (QED) is 0.222. The largest absolute Gasteiger partial charge is 0.361 e. The molecule has 3 heterocycles. The second-order valence-electron chi connectivity index (χ2n) is 8.65. The Morgan fingerprint density at radius 1 is 0.861 bits per heavy atom. The molecule has 0 unspecified atom stereocenters. The SMILES string of the molecule is O=C(NCCc1c[nH]c2ccccc12)c1cc2c([nH]c3ccccc32)c(C(=O)c2cccc(Br)c2)n1. The van der Waals surface area contributed by atoms with Crippen LogP contribution in [-0.2, 0) is 6.42 Å². The number of fused-ring (bicyclic) bond motifs is 4. The zero-order valence-electron chi connectivity index (χ0n) is 19.1. The molecule has 176 valence electrons. The highest BCUT2D eigenvalue weighted by Crippen LogP contribution is 2.29. The third kappa shape index (κ3) is 3.97. The number of pyridine rings is 1. The van der Waals surface area contributed by atoms with Crippen molar-refractivity contribution in [1.82, 2.24) is 20.3 Å². The van der Waals surface area contributed by atoms with E-state index in [0.717, 1.165) is 37.2 Å². The van der Waals surface area contributed by atoms with Gasteiger partial charge in [-0.25, -0.2) is 4.98 Å². The second-order valence-corrected chi connectivity index (χ2v) is 9.57. The Kier molecular flexibility index (Phi) is 5.62. The molecule has 3 aromatic heterocycles. The normalized spacial score (nSPS) is 11.4. The van der Waals surface area contributed by atoms with Crippen LogP contribution in [0.5, 0.6) is 0 Å². The number of H-pyrrole nitrogens is 2. The van der Waals surface area contributed by atoms with Crippen molar-refractivity contribution >= 4 is 60.3 Å². The average Bonchev–Trinajstić information content (AvgIpc) is 3.49. The minimum Gasteiger partial charge on any atom is -0.361 e. The Balaban J connectivity index is 1.35. The van der Waals surface area contributed by atoms with Gasteiger partial charge in [0.25, 0.3) is 5.91 Å². The number of benzene rings is 3. The minimum atomic E-state index is -0.315. The highest BCUT2D eigenvalue weighted by Gasteiger charge is 2.21. The van der Waals surface area contributed by atoms with Crippen molar-refractivity contribution in [3.05, 3.63) is 112 Å². The molecule has 0 radical (unpaired) electrons. The van der Waals surface area contributed by atoms with E-state index in [9.17, 15) is 9.59 Å². The van der Waals surface area contributed by atoms with E-state index < -0.39 is 0 Å². The fraction of sp³-hybridized carbons (Fsp3) is 0.0690. The standard InChI is InChI=1S/C29H21BrN4O2/c30-19-7-5-6-17(14-19)28(35)27-26-22(21-9-2-4-11-24(21)33-26)15-25(34-27)29(36)31-13-12-18-16-32-23-10-3-1-8-20(18)23/h1-11,14-16,32-33H,12-13H2,(H,31,36). The van der Waals surface area contributed by atoms with Gasteiger partial charge in [0, 0.05) is 50.0 Å². The molecular weight excluding hydrogens is 516 g/mol. The van der Waals surface area contributed by atoms with Gasteiger partial charge in [-0.3, -0.25) is 9.59 Å².